The Morgan fingerprint density at radius 2 is 1.50 bits per heavy atom. The van der Waals surface area contributed by atoms with E-state index in [1.807, 2.05) is 60.7 Å². The van der Waals surface area contributed by atoms with Gasteiger partial charge in [0.15, 0.2) is 0 Å². The van der Waals surface area contributed by atoms with Crippen LogP contribution in [0.2, 0.25) is 0 Å². The van der Waals surface area contributed by atoms with Crippen LogP contribution in [0.4, 0.5) is 10.5 Å². The van der Waals surface area contributed by atoms with Crippen LogP contribution in [-0.4, -0.2) is 29.3 Å². The van der Waals surface area contributed by atoms with Crippen molar-refractivity contribution in [1.82, 2.24) is 10.2 Å². The Morgan fingerprint density at radius 1 is 0.912 bits per heavy atom. The highest BCUT2D eigenvalue weighted by atomic mass is 16.2. The molecule has 0 aliphatic carbocycles. The predicted molar refractivity (Wildman–Crippen MR) is 135 cm³/mol. The van der Waals surface area contributed by atoms with Crippen molar-refractivity contribution >= 4 is 34.3 Å². The van der Waals surface area contributed by atoms with Gasteiger partial charge in [-0.25, -0.2) is 4.79 Å². The minimum atomic E-state index is -1.25. The first-order chi connectivity index (χ1) is 16.1. The molecule has 0 radical (unpaired) electrons. The van der Waals surface area contributed by atoms with Crippen molar-refractivity contribution in [1.29, 1.82) is 0 Å². The molecule has 0 saturated carbocycles. The molecule has 0 unspecified atom stereocenters. The number of carbonyl (C=O) groups is 3. The largest absolute Gasteiger partial charge is 0.325 e. The van der Waals surface area contributed by atoms with Gasteiger partial charge in [0.1, 0.15) is 12.1 Å². The maximum atomic E-state index is 13.5. The first-order valence-electron chi connectivity index (χ1n) is 11.7. The van der Waals surface area contributed by atoms with Gasteiger partial charge in [0.25, 0.3) is 5.91 Å². The number of anilines is 1. The van der Waals surface area contributed by atoms with Crippen molar-refractivity contribution in [2.45, 2.75) is 52.0 Å². The molecule has 3 aromatic carbocycles. The van der Waals surface area contributed by atoms with Crippen molar-refractivity contribution in [2.24, 2.45) is 0 Å². The van der Waals surface area contributed by atoms with Crippen LogP contribution in [0.15, 0.2) is 60.7 Å². The molecule has 1 aliphatic heterocycles. The molecular formula is C28H31N3O3. The molecule has 1 atom stereocenters. The van der Waals surface area contributed by atoms with Gasteiger partial charge in [0.05, 0.1) is 0 Å². The van der Waals surface area contributed by atoms with Crippen molar-refractivity contribution < 1.29 is 14.4 Å². The van der Waals surface area contributed by atoms with Gasteiger partial charge in [-0.05, 0) is 46.2 Å². The van der Waals surface area contributed by atoms with Crippen molar-refractivity contribution in [3.05, 3.63) is 77.4 Å². The van der Waals surface area contributed by atoms with Crippen molar-refractivity contribution in [3.8, 4) is 0 Å². The highest BCUT2D eigenvalue weighted by Gasteiger charge is 2.50. The van der Waals surface area contributed by atoms with Gasteiger partial charge < -0.3 is 10.6 Å². The van der Waals surface area contributed by atoms with E-state index in [9.17, 15) is 14.4 Å². The molecule has 34 heavy (non-hydrogen) atoms. The maximum absolute atomic E-state index is 13.5. The van der Waals surface area contributed by atoms with Gasteiger partial charge in [-0.1, -0.05) is 88.4 Å². The van der Waals surface area contributed by atoms with E-state index < -0.39 is 23.4 Å². The fourth-order valence-corrected chi connectivity index (χ4v) is 4.70. The minimum absolute atomic E-state index is 0.209. The Morgan fingerprint density at radius 3 is 2.15 bits per heavy atom. The molecule has 0 aromatic heterocycles. The molecule has 4 rings (SSSR count). The first kappa shape index (κ1) is 23.5. The van der Waals surface area contributed by atoms with Crippen LogP contribution in [0.25, 0.3) is 10.8 Å². The average molecular weight is 458 g/mol. The highest BCUT2D eigenvalue weighted by Crippen LogP contribution is 2.35. The zero-order valence-electron chi connectivity index (χ0n) is 20.3. The van der Waals surface area contributed by atoms with Crippen LogP contribution in [0.3, 0.4) is 0 Å². The molecule has 2 N–H and O–H groups in total. The normalized spacial score (nSPS) is 18.1. The second-order valence-corrected chi connectivity index (χ2v) is 9.64. The van der Waals surface area contributed by atoms with Crippen LogP contribution in [0.1, 0.15) is 63.1 Å². The summed E-state index contributed by atoms with van der Waals surface area (Å²) < 4.78 is 0. The number of imide groups is 1. The Labute approximate surface area is 200 Å². The molecule has 6 heteroatoms. The molecule has 3 aromatic rings. The molecule has 1 fully saturated rings. The van der Waals surface area contributed by atoms with Gasteiger partial charge >= 0.3 is 6.03 Å². The van der Waals surface area contributed by atoms with Crippen molar-refractivity contribution in [3.63, 3.8) is 0 Å². The van der Waals surface area contributed by atoms with E-state index in [2.05, 4.69) is 38.3 Å². The lowest BCUT2D eigenvalue weighted by Gasteiger charge is -2.24. The monoisotopic (exact) mass is 457 g/mol. The Kier molecular flexibility index (Phi) is 6.17. The van der Waals surface area contributed by atoms with Gasteiger partial charge in [-0.15, -0.1) is 0 Å². The maximum Gasteiger partial charge on any atom is 0.325 e. The average Bonchev–Trinajstić information content (AvgIpc) is 3.02. The van der Waals surface area contributed by atoms with Crippen LogP contribution in [-0.2, 0) is 15.1 Å². The fourth-order valence-electron chi connectivity index (χ4n) is 4.70. The summed E-state index contributed by atoms with van der Waals surface area (Å²) in [6.45, 7) is 9.63. The van der Waals surface area contributed by atoms with Gasteiger partial charge in [0, 0.05) is 5.69 Å². The van der Waals surface area contributed by atoms with E-state index in [-0.39, 0.29) is 18.4 Å². The molecule has 1 heterocycles. The third-order valence-electron chi connectivity index (χ3n) is 6.54. The second-order valence-electron chi connectivity index (χ2n) is 9.64. The zero-order chi connectivity index (χ0) is 24.6. The van der Waals surface area contributed by atoms with Gasteiger partial charge in [0.2, 0.25) is 5.91 Å². The number of nitrogens with zero attached hydrogens (tertiary/aromatic N) is 1. The summed E-state index contributed by atoms with van der Waals surface area (Å²) in [6.07, 6.45) is 0. The number of para-hydroxylation sites is 1. The summed E-state index contributed by atoms with van der Waals surface area (Å²) in [7, 11) is 0. The highest BCUT2D eigenvalue weighted by molar-refractivity contribution is 6.11. The molecule has 4 amide bonds. The van der Waals surface area contributed by atoms with E-state index in [4.69, 9.17) is 0 Å². The van der Waals surface area contributed by atoms with Crippen LogP contribution >= 0.6 is 0 Å². The second kappa shape index (κ2) is 8.93. The topological polar surface area (TPSA) is 78.5 Å². The Bertz CT molecular complexity index is 1250. The number of fused-ring (bicyclic) bond motifs is 1. The van der Waals surface area contributed by atoms with E-state index in [0.717, 1.165) is 32.5 Å². The van der Waals surface area contributed by atoms with E-state index in [1.165, 1.54) is 0 Å². The third-order valence-corrected chi connectivity index (χ3v) is 6.54. The number of urea groups is 1. The van der Waals surface area contributed by atoms with Gasteiger partial charge in [-0.3, -0.25) is 14.5 Å². The molecule has 176 valence electrons. The third kappa shape index (κ3) is 4.04. The van der Waals surface area contributed by atoms with E-state index >= 15 is 0 Å². The van der Waals surface area contributed by atoms with Crippen molar-refractivity contribution in [2.75, 3.05) is 11.9 Å². The molecule has 0 bridgehead atoms. The number of amides is 4. The van der Waals surface area contributed by atoms with Gasteiger partial charge in [-0.2, -0.15) is 0 Å². The summed E-state index contributed by atoms with van der Waals surface area (Å²) in [5, 5.41) is 7.68. The van der Waals surface area contributed by atoms with Crippen LogP contribution < -0.4 is 10.6 Å². The standard InChI is InChI=1S/C28H31N3O3/c1-17(2)20-13-9-14-21(18(3)4)25(20)29-24(32)16-31-26(33)28(5,30-27(31)34)23-15-8-11-19-10-6-7-12-22(19)23/h6-15,17-18H,16H2,1-5H3,(H,29,32)(H,30,34)/t28-/m0/s1. The fraction of sp³-hybridized carbons (Fsp3) is 0.321. The minimum Gasteiger partial charge on any atom is -0.324 e. The number of rotatable bonds is 6. The number of nitrogens with one attached hydrogen (secondary N) is 2. The molecule has 1 aliphatic rings. The summed E-state index contributed by atoms with van der Waals surface area (Å²) in [6, 6.07) is 18.8. The summed E-state index contributed by atoms with van der Waals surface area (Å²) in [4.78, 5) is 40.4. The summed E-state index contributed by atoms with van der Waals surface area (Å²) in [5.41, 5.74) is 2.27. The molecule has 0 spiro atoms. The summed E-state index contributed by atoms with van der Waals surface area (Å²) in [5.74, 6) is -0.424. The molecule has 1 saturated heterocycles. The number of hydrogen-bond donors (Lipinski definition) is 2. The van der Waals surface area contributed by atoms with E-state index in [0.29, 0.717) is 5.56 Å². The number of hydrogen-bond acceptors (Lipinski definition) is 3. The SMILES string of the molecule is CC(C)c1cccc(C(C)C)c1NC(=O)CN1C(=O)N[C@@](C)(c2cccc3ccccc23)C1=O. The lowest BCUT2D eigenvalue weighted by atomic mass is 9.88. The molecule has 6 nitrogen and oxygen atoms in total. The molecular weight excluding hydrogens is 426 g/mol. The zero-order valence-corrected chi connectivity index (χ0v) is 20.3. The predicted octanol–water partition coefficient (Wildman–Crippen LogP) is 5.49. The summed E-state index contributed by atoms with van der Waals surface area (Å²) >= 11 is 0. The van der Waals surface area contributed by atoms with Crippen LogP contribution in [0, 0.1) is 0 Å². The first-order valence-corrected chi connectivity index (χ1v) is 11.7. The Hall–Kier alpha value is -3.67. The quantitative estimate of drug-likeness (QED) is 0.480. The van der Waals surface area contributed by atoms with E-state index in [1.54, 1.807) is 6.92 Å². The van der Waals surface area contributed by atoms with Crippen LogP contribution in [0.5, 0.6) is 0 Å². The lowest BCUT2D eigenvalue weighted by Crippen LogP contribution is -2.42. The number of carbonyl (C=O) groups excluding carboxylic acids is 3. The smallest absolute Gasteiger partial charge is 0.324 e. The lowest BCUT2D eigenvalue weighted by molar-refractivity contribution is -0.133. The number of benzene rings is 3. The Balaban J connectivity index is 1.61.